The van der Waals surface area contributed by atoms with Crippen LogP contribution in [0.5, 0.6) is 0 Å². The second-order valence-electron chi connectivity index (χ2n) is 7.08. The summed E-state index contributed by atoms with van der Waals surface area (Å²) in [5.41, 5.74) is 0.398. The van der Waals surface area contributed by atoms with Gasteiger partial charge in [0.15, 0.2) is 5.69 Å². The van der Waals surface area contributed by atoms with E-state index in [9.17, 15) is 4.79 Å². The molecule has 4 bridgehead atoms. The Hall–Kier alpha value is -1.52. The predicted molar refractivity (Wildman–Crippen MR) is 77.0 cm³/mol. The van der Waals surface area contributed by atoms with Crippen molar-refractivity contribution in [2.75, 3.05) is 11.9 Å². The molecule has 5 heteroatoms. The molecule has 0 aliphatic heterocycles. The van der Waals surface area contributed by atoms with Crippen LogP contribution in [0.2, 0.25) is 0 Å². The summed E-state index contributed by atoms with van der Waals surface area (Å²) in [5, 5.41) is 3.52. The van der Waals surface area contributed by atoms with E-state index < -0.39 is 5.97 Å². The van der Waals surface area contributed by atoms with Crippen molar-refractivity contribution in [3.63, 3.8) is 0 Å². The van der Waals surface area contributed by atoms with Gasteiger partial charge >= 0.3 is 5.97 Å². The SMILES string of the molecule is CCOC(=O)c1coc(NC23CC4CC(CC(C4)C2)C3)n1. The summed E-state index contributed by atoms with van der Waals surface area (Å²) in [6, 6.07) is 0.472. The number of hydrogen-bond acceptors (Lipinski definition) is 5. The van der Waals surface area contributed by atoms with Gasteiger partial charge in [0.1, 0.15) is 6.26 Å². The van der Waals surface area contributed by atoms with E-state index in [0.717, 1.165) is 17.8 Å². The molecular weight excluding hydrogens is 268 g/mol. The molecule has 21 heavy (non-hydrogen) atoms. The molecule has 1 N–H and O–H groups in total. The average molecular weight is 290 g/mol. The fraction of sp³-hybridized carbons (Fsp3) is 0.750. The maximum atomic E-state index is 11.6. The van der Waals surface area contributed by atoms with Crippen LogP contribution in [0.25, 0.3) is 0 Å². The number of hydrogen-bond donors (Lipinski definition) is 1. The lowest BCUT2D eigenvalue weighted by Gasteiger charge is -2.56. The van der Waals surface area contributed by atoms with Gasteiger partial charge in [-0.05, 0) is 63.2 Å². The summed E-state index contributed by atoms with van der Waals surface area (Å²) in [7, 11) is 0. The largest absolute Gasteiger partial charge is 0.461 e. The van der Waals surface area contributed by atoms with Crippen LogP contribution in [0, 0.1) is 17.8 Å². The van der Waals surface area contributed by atoms with E-state index >= 15 is 0 Å². The maximum absolute atomic E-state index is 11.6. The fourth-order valence-electron chi connectivity index (χ4n) is 5.12. The number of rotatable bonds is 4. The number of carbonyl (C=O) groups is 1. The molecule has 4 fully saturated rings. The minimum atomic E-state index is -0.417. The first-order chi connectivity index (χ1) is 10.2. The summed E-state index contributed by atoms with van der Waals surface area (Å²) in [4.78, 5) is 15.9. The minimum absolute atomic E-state index is 0.144. The maximum Gasteiger partial charge on any atom is 0.360 e. The number of carbonyl (C=O) groups excluding carboxylic acids is 1. The summed E-state index contributed by atoms with van der Waals surface area (Å²) in [6.45, 7) is 2.13. The molecule has 0 unspecified atom stereocenters. The topological polar surface area (TPSA) is 64.4 Å². The highest BCUT2D eigenvalue weighted by atomic mass is 16.5. The zero-order valence-electron chi connectivity index (χ0n) is 12.4. The molecule has 0 spiro atoms. The quantitative estimate of drug-likeness (QED) is 0.862. The van der Waals surface area contributed by atoms with Crippen molar-refractivity contribution in [2.24, 2.45) is 17.8 Å². The molecule has 5 rings (SSSR count). The molecule has 1 aromatic heterocycles. The van der Waals surface area contributed by atoms with Crippen molar-refractivity contribution in [3.05, 3.63) is 12.0 Å². The first-order valence-corrected chi connectivity index (χ1v) is 8.06. The van der Waals surface area contributed by atoms with Crippen molar-refractivity contribution in [2.45, 2.75) is 51.0 Å². The van der Waals surface area contributed by atoms with Gasteiger partial charge in [-0.15, -0.1) is 0 Å². The summed E-state index contributed by atoms with van der Waals surface area (Å²) in [6.07, 6.45) is 9.25. The third kappa shape index (κ3) is 2.32. The van der Waals surface area contributed by atoms with E-state index in [1.165, 1.54) is 44.8 Å². The Morgan fingerprint density at radius 3 is 2.52 bits per heavy atom. The van der Waals surface area contributed by atoms with E-state index in [1.54, 1.807) is 6.92 Å². The molecule has 0 saturated heterocycles. The lowest BCUT2D eigenvalue weighted by molar-refractivity contribution is 0.00961. The molecule has 114 valence electrons. The van der Waals surface area contributed by atoms with Crippen LogP contribution in [0.15, 0.2) is 10.7 Å². The van der Waals surface area contributed by atoms with E-state index in [0.29, 0.717) is 12.6 Å². The first-order valence-electron chi connectivity index (χ1n) is 8.06. The molecule has 0 atom stereocenters. The van der Waals surface area contributed by atoms with Gasteiger partial charge in [-0.25, -0.2) is 4.79 Å². The number of aromatic nitrogens is 1. The number of ether oxygens (including phenoxy) is 1. The van der Waals surface area contributed by atoms with Gasteiger partial charge in [-0.3, -0.25) is 0 Å². The lowest BCUT2D eigenvalue weighted by atomic mass is 9.53. The molecule has 1 aromatic rings. The number of oxazole rings is 1. The molecule has 4 saturated carbocycles. The zero-order valence-corrected chi connectivity index (χ0v) is 12.4. The van der Waals surface area contributed by atoms with Gasteiger partial charge in [-0.2, -0.15) is 4.98 Å². The Labute approximate surface area is 124 Å². The number of nitrogens with zero attached hydrogens (tertiary/aromatic N) is 1. The van der Waals surface area contributed by atoms with E-state index in [2.05, 4.69) is 10.3 Å². The van der Waals surface area contributed by atoms with E-state index in [4.69, 9.17) is 9.15 Å². The van der Waals surface area contributed by atoms with Crippen LogP contribution in [0.4, 0.5) is 6.01 Å². The van der Waals surface area contributed by atoms with Crippen LogP contribution < -0.4 is 5.32 Å². The van der Waals surface area contributed by atoms with Gasteiger partial charge in [-0.1, -0.05) is 0 Å². The molecule has 0 radical (unpaired) electrons. The number of nitrogens with one attached hydrogen (secondary N) is 1. The summed E-state index contributed by atoms with van der Waals surface area (Å²) in [5.74, 6) is 2.18. The van der Waals surface area contributed by atoms with Gasteiger partial charge in [0, 0.05) is 5.54 Å². The van der Waals surface area contributed by atoms with Crippen molar-refractivity contribution in [1.29, 1.82) is 0 Å². The van der Waals surface area contributed by atoms with Crippen molar-refractivity contribution >= 4 is 12.0 Å². The molecule has 0 amide bonds. The van der Waals surface area contributed by atoms with Gasteiger partial charge in [0.2, 0.25) is 0 Å². The highest BCUT2D eigenvalue weighted by Crippen LogP contribution is 2.56. The van der Waals surface area contributed by atoms with Crippen LogP contribution in [0.1, 0.15) is 55.9 Å². The molecule has 4 aliphatic carbocycles. The average Bonchev–Trinajstić information content (AvgIpc) is 2.85. The van der Waals surface area contributed by atoms with Crippen LogP contribution in [-0.4, -0.2) is 23.1 Å². The van der Waals surface area contributed by atoms with Crippen LogP contribution >= 0.6 is 0 Å². The predicted octanol–water partition coefficient (Wildman–Crippen LogP) is 3.23. The molecule has 0 aromatic carbocycles. The van der Waals surface area contributed by atoms with Gasteiger partial charge in [0.25, 0.3) is 6.01 Å². The molecule has 5 nitrogen and oxygen atoms in total. The lowest BCUT2D eigenvalue weighted by Crippen LogP contribution is -2.54. The highest BCUT2D eigenvalue weighted by molar-refractivity contribution is 5.87. The molecular formula is C16H22N2O3. The number of anilines is 1. The normalized spacial score (nSPS) is 36.7. The van der Waals surface area contributed by atoms with Crippen molar-refractivity contribution < 1.29 is 13.9 Å². The summed E-state index contributed by atoms with van der Waals surface area (Å²) < 4.78 is 10.4. The molecule has 1 heterocycles. The van der Waals surface area contributed by atoms with Crippen LogP contribution in [-0.2, 0) is 4.74 Å². The highest BCUT2D eigenvalue weighted by Gasteiger charge is 2.51. The standard InChI is InChI=1S/C16H22N2O3/c1-2-20-14(19)13-9-21-15(17-13)18-16-6-10-3-11(7-16)5-12(4-10)8-16/h9-12H,2-8H2,1H3,(H,17,18). The van der Waals surface area contributed by atoms with Gasteiger partial charge in [0.05, 0.1) is 6.61 Å². The summed E-state index contributed by atoms with van der Waals surface area (Å²) >= 11 is 0. The Bertz CT molecular complexity index is 516. The Morgan fingerprint density at radius 1 is 1.33 bits per heavy atom. The first kappa shape index (κ1) is 13.2. The number of esters is 1. The second kappa shape index (κ2) is 4.75. The van der Waals surface area contributed by atoms with E-state index in [-0.39, 0.29) is 11.2 Å². The van der Waals surface area contributed by atoms with Crippen molar-refractivity contribution in [1.82, 2.24) is 4.98 Å². The molecule has 4 aliphatic rings. The fourth-order valence-corrected chi connectivity index (χ4v) is 5.12. The third-order valence-electron chi connectivity index (χ3n) is 5.40. The Kier molecular flexibility index (Phi) is 2.98. The monoisotopic (exact) mass is 290 g/mol. The van der Waals surface area contributed by atoms with E-state index in [1.807, 2.05) is 0 Å². The smallest absolute Gasteiger partial charge is 0.360 e. The van der Waals surface area contributed by atoms with Gasteiger partial charge < -0.3 is 14.5 Å². The Balaban J connectivity index is 1.50. The second-order valence-corrected chi connectivity index (χ2v) is 7.08. The van der Waals surface area contributed by atoms with Crippen molar-refractivity contribution in [3.8, 4) is 0 Å². The third-order valence-corrected chi connectivity index (χ3v) is 5.40. The zero-order chi connectivity index (χ0) is 14.4. The minimum Gasteiger partial charge on any atom is -0.461 e. The van der Waals surface area contributed by atoms with Crippen LogP contribution in [0.3, 0.4) is 0 Å². The Morgan fingerprint density at radius 2 is 1.95 bits per heavy atom.